The summed E-state index contributed by atoms with van der Waals surface area (Å²) in [5, 5.41) is 3.40. The van der Waals surface area contributed by atoms with Crippen LogP contribution in [0.5, 0.6) is 0 Å². The van der Waals surface area contributed by atoms with Crippen molar-refractivity contribution in [2.45, 2.75) is 50.5 Å². The summed E-state index contributed by atoms with van der Waals surface area (Å²) in [5.41, 5.74) is 0.958. The molecule has 3 rings (SSSR count). The molecule has 110 valence electrons. The van der Waals surface area contributed by atoms with E-state index in [0.29, 0.717) is 6.61 Å². The van der Waals surface area contributed by atoms with Crippen molar-refractivity contribution in [3.8, 4) is 0 Å². The zero-order valence-corrected chi connectivity index (χ0v) is 11.9. The number of nitrogens with one attached hydrogen (secondary N) is 1. The maximum absolute atomic E-state index is 13.2. The number of ether oxygens (including phenoxy) is 2. The molecule has 1 aliphatic carbocycles. The summed E-state index contributed by atoms with van der Waals surface area (Å²) in [4.78, 5) is 0. The van der Waals surface area contributed by atoms with E-state index >= 15 is 0 Å². The summed E-state index contributed by atoms with van der Waals surface area (Å²) < 4.78 is 25.1. The molecule has 0 radical (unpaired) electrons. The van der Waals surface area contributed by atoms with E-state index in [2.05, 4.69) is 5.32 Å². The van der Waals surface area contributed by atoms with Gasteiger partial charge >= 0.3 is 0 Å². The minimum atomic E-state index is -0.297. The van der Waals surface area contributed by atoms with Gasteiger partial charge < -0.3 is 14.8 Å². The van der Waals surface area contributed by atoms with E-state index < -0.39 is 0 Å². The number of hydrogen-bond acceptors (Lipinski definition) is 3. The van der Waals surface area contributed by atoms with Gasteiger partial charge in [-0.15, -0.1) is 0 Å². The number of benzene rings is 1. The van der Waals surface area contributed by atoms with E-state index in [9.17, 15) is 4.39 Å². The Hall–Kier alpha value is -0.970. The smallest absolute Gasteiger partial charge is 0.168 e. The molecule has 3 nitrogen and oxygen atoms in total. The van der Waals surface area contributed by atoms with Gasteiger partial charge in [-0.2, -0.15) is 0 Å². The lowest BCUT2D eigenvalue weighted by Gasteiger charge is -2.22. The fraction of sp³-hybridized carbons (Fsp3) is 0.625. The van der Waals surface area contributed by atoms with Crippen molar-refractivity contribution >= 4 is 0 Å². The summed E-state index contributed by atoms with van der Waals surface area (Å²) in [6.07, 6.45) is 4.52. The second kappa shape index (κ2) is 5.80. The monoisotopic (exact) mass is 279 g/mol. The van der Waals surface area contributed by atoms with Crippen LogP contribution in [0.1, 0.15) is 44.2 Å². The van der Waals surface area contributed by atoms with Crippen molar-refractivity contribution in [2.24, 2.45) is 0 Å². The summed E-state index contributed by atoms with van der Waals surface area (Å²) in [6, 6.07) is 6.82. The molecule has 0 bridgehead atoms. The molecule has 1 aliphatic heterocycles. The topological polar surface area (TPSA) is 30.5 Å². The van der Waals surface area contributed by atoms with E-state index in [1.165, 1.54) is 18.9 Å². The molecule has 4 heteroatoms. The van der Waals surface area contributed by atoms with Gasteiger partial charge in [0.2, 0.25) is 0 Å². The maximum Gasteiger partial charge on any atom is 0.168 e. The Kier molecular flexibility index (Phi) is 4.06. The molecule has 0 aromatic heterocycles. The predicted octanol–water partition coefficient (Wildman–Crippen LogP) is 3.16. The molecule has 1 saturated carbocycles. The van der Waals surface area contributed by atoms with Crippen LogP contribution < -0.4 is 5.32 Å². The Bertz CT molecular complexity index is 460. The van der Waals surface area contributed by atoms with Crippen molar-refractivity contribution in [2.75, 3.05) is 13.2 Å². The van der Waals surface area contributed by atoms with Crippen LogP contribution in [-0.2, 0) is 9.47 Å². The van der Waals surface area contributed by atoms with Gasteiger partial charge in [-0.05, 0) is 37.5 Å². The summed E-state index contributed by atoms with van der Waals surface area (Å²) >= 11 is 0. The zero-order chi connectivity index (χ0) is 14.0. The molecule has 2 aliphatic rings. The molecule has 0 unspecified atom stereocenters. The summed E-state index contributed by atoms with van der Waals surface area (Å²) in [7, 11) is 0. The van der Waals surface area contributed by atoms with Crippen molar-refractivity contribution < 1.29 is 13.9 Å². The van der Waals surface area contributed by atoms with Crippen LogP contribution in [0.25, 0.3) is 0 Å². The molecule has 0 amide bonds. The van der Waals surface area contributed by atoms with Gasteiger partial charge in [0.1, 0.15) is 5.82 Å². The van der Waals surface area contributed by atoms with Gasteiger partial charge in [-0.3, -0.25) is 0 Å². The maximum atomic E-state index is 13.2. The Morgan fingerprint density at radius 3 is 2.95 bits per heavy atom. The Balaban J connectivity index is 1.50. The quantitative estimate of drug-likeness (QED) is 0.918. The summed E-state index contributed by atoms with van der Waals surface area (Å²) in [6.45, 7) is 3.43. The summed E-state index contributed by atoms with van der Waals surface area (Å²) in [5.74, 6) is -0.490. The first-order valence-corrected chi connectivity index (χ1v) is 7.47. The lowest BCUT2D eigenvalue weighted by Crippen LogP contribution is -2.33. The Morgan fingerprint density at radius 1 is 1.40 bits per heavy atom. The van der Waals surface area contributed by atoms with Crippen molar-refractivity contribution in [3.05, 3.63) is 35.6 Å². The van der Waals surface area contributed by atoms with Gasteiger partial charge in [-0.1, -0.05) is 12.1 Å². The fourth-order valence-electron chi connectivity index (χ4n) is 3.10. The number of hydrogen-bond donors (Lipinski definition) is 1. The molecule has 1 spiro atoms. The fourth-order valence-corrected chi connectivity index (χ4v) is 3.10. The van der Waals surface area contributed by atoms with Crippen LogP contribution in [0.3, 0.4) is 0 Å². The molecule has 1 aromatic carbocycles. The molecule has 1 saturated heterocycles. The molecule has 2 atom stereocenters. The highest BCUT2D eigenvalue weighted by Crippen LogP contribution is 2.39. The first kappa shape index (κ1) is 14.0. The average molecular weight is 279 g/mol. The predicted molar refractivity (Wildman–Crippen MR) is 74.8 cm³/mol. The van der Waals surface area contributed by atoms with E-state index in [-0.39, 0.29) is 23.8 Å². The minimum Gasteiger partial charge on any atom is -0.347 e. The lowest BCUT2D eigenvalue weighted by atomic mass is 10.1. The standard InChI is InChI=1S/C16H22FNO2/c1-12(13-5-4-6-14(17)9-13)18-10-15-11-19-16(20-15)7-2-3-8-16/h4-6,9,12,15,18H,2-3,7-8,10-11H2,1H3/t12-,15-/m1/s1. The average Bonchev–Trinajstić information content (AvgIpc) is 3.07. The largest absolute Gasteiger partial charge is 0.347 e. The normalized spacial score (nSPS) is 26.2. The molecular weight excluding hydrogens is 257 g/mol. The van der Waals surface area contributed by atoms with Gasteiger partial charge in [0, 0.05) is 25.4 Å². The number of rotatable bonds is 4. The third-order valence-corrected chi connectivity index (χ3v) is 4.28. The highest BCUT2D eigenvalue weighted by Gasteiger charge is 2.43. The van der Waals surface area contributed by atoms with Crippen molar-refractivity contribution in [1.82, 2.24) is 5.32 Å². The lowest BCUT2D eigenvalue weighted by molar-refractivity contribution is -0.161. The van der Waals surface area contributed by atoms with Crippen molar-refractivity contribution in [3.63, 3.8) is 0 Å². The van der Waals surface area contributed by atoms with Gasteiger partial charge in [-0.25, -0.2) is 4.39 Å². The highest BCUT2D eigenvalue weighted by molar-refractivity contribution is 5.19. The number of halogens is 1. The van der Waals surface area contributed by atoms with Crippen LogP contribution >= 0.6 is 0 Å². The van der Waals surface area contributed by atoms with Crippen molar-refractivity contribution in [1.29, 1.82) is 0 Å². The molecule has 1 heterocycles. The van der Waals surface area contributed by atoms with E-state index in [4.69, 9.17) is 9.47 Å². The molecule has 1 N–H and O–H groups in total. The van der Waals surface area contributed by atoms with Crippen LogP contribution in [0.15, 0.2) is 24.3 Å². The third-order valence-electron chi connectivity index (χ3n) is 4.28. The van der Waals surface area contributed by atoms with Gasteiger partial charge in [0.05, 0.1) is 12.7 Å². The third kappa shape index (κ3) is 3.03. The molecular formula is C16H22FNO2. The van der Waals surface area contributed by atoms with E-state index in [1.54, 1.807) is 12.1 Å². The van der Waals surface area contributed by atoms with Crippen LogP contribution in [-0.4, -0.2) is 25.0 Å². The highest BCUT2D eigenvalue weighted by atomic mass is 19.1. The molecule has 20 heavy (non-hydrogen) atoms. The second-order valence-corrected chi connectivity index (χ2v) is 5.85. The minimum absolute atomic E-state index is 0.101. The van der Waals surface area contributed by atoms with E-state index in [1.807, 2.05) is 13.0 Å². The van der Waals surface area contributed by atoms with Gasteiger partial charge in [0.25, 0.3) is 0 Å². The van der Waals surface area contributed by atoms with Crippen LogP contribution in [0.2, 0.25) is 0 Å². The zero-order valence-electron chi connectivity index (χ0n) is 11.9. The molecule has 2 fully saturated rings. The Labute approximate surface area is 119 Å². The van der Waals surface area contributed by atoms with Crippen LogP contribution in [0.4, 0.5) is 4.39 Å². The van der Waals surface area contributed by atoms with Crippen LogP contribution in [0, 0.1) is 5.82 Å². The molecule has 1 aromatic rings. The SMILES string of the molecule is C[C@@H](NC[C@@H]1COC2(CCCC2)O1)c1cccc(F)c1. The Morgan fingerprint density at radius 2 is 2.20 bits per heavy atom. The first-order valence-electron chi connectivity index (χ1n) is 7.47. The van der Waals surface area contributed by atoms with E-state index in [0.717, 1.165) is 24.9 Å². The van der Waals surface area contributed by atoms with Gasteiger partial charge in [0.15, 0.2) is 5.79 Å². The first-order chi connectivity index (χ1) is 9.67. The second-order valence-electron chi connectivity index (χ2n) is 5.85.